The van der Waals surface area contributed by atoms with Gasteiger partial charge in [0.2, 0.25) is 0 Å². The van der Waals surface area contributed by atoms with Crippen molar-refractivity contribution in [3.05, 3.63) is 48.0 Å². The molecule has 15 heavy (non-hydrogen) atoms. The highest BCUT2D eigenvalue weighted by Crippen LogP contribution is 2.44. The zero-order chi connectivity index (χ0) is 10.9. The van der Waals surface area contributed by atoms with Crippen molar-refractivity contribution in [2.45, 2.75) is 44.4 Å². The lowest BCUT2D eigenvalue weighted by Crippen LogP contribution is -2.27. The van der Waals surface area contributed by atoms with Crippen molar-refractivity contribution in [1.82, 2.24) is 0 Å². The summed E-state index contributed by atoms with van der Waals surface area (Å²) in [5.74, 6) is 0.759. The first-order chi connectivity index (χ1) is 7.21. The molecule has 0 amide bonds. The topological polar surface area (TPSA) is 0 Å². The van der Waals surface area contributed by atoms with Crippen LogP contribution in [0.5, 0.6) is 0 Å². The molecule has 1 aromatic carbocycles. The van der Waals surface area contributed by atoms with Crippen molar-refractivity contribution < 1.29 is 0 Å². The van der Waals surface area contributed by atoms with E-state index in [-0.39, 0.29) is 5.41 Å². The van der Waals surface area contributed by atoms with Crippen molar-refractivity contribution in [3.8, 4) is 0 Å². The van der Waals surface area contributed by atoms with E-state index < -0.39 is 0 Å². The minimum atomic E-state index is 0.197. The molecular weight excluding hydrogens is 180 g/mol. The molecule has 1 aliphatic carbocycles. The number of hydrogen-bond donors (Lipinski definition) is 0. The minimum absolute atomic E-state index is 0.197. The fourth-order valence-corrected chi connectivity index (χ4v) is 2.77. The Morgan fingerprint density at radius 1 is 1.47 bits per heavy atom. The van der Waals surface area contributed by atoms with Crippen LogP contribution >= 0.6 is 0 Å². The second-order valence-electron chi connectivity index (χ2n) is 4.85. The van der Waals surface area contributed by atoms with Crippen LogP contribution in [-0.4, -0.2) is 0 Å². The molecule has 1 aliphatic rings. The average Bonchev–Trinajstić information content (AvgIpc) is 2.30. The Morgan fingerprint density at radius 3 is 2.87 bits per heavy atom. The van der Waals surface area contributed by atoms with Crippen LogP contribution in [0.1, 0.15) is 50.2 Å². The predicted octanol–water partition coefficient (Wildman–Crippen LogP) is 4.42. The number of hydrogen-bond acceptors (Lipinski definition) is 0. The lowest BCUT2D eigenvalue weighted by molar-refractivity contribution is 0.423. The molecule has 0 saturated heterocycles. The molecular formula is C15H20. The zero-order valence-corrected chi connectivity index (χ0v) is 9.79. The molecule has 0 heteroatoms. The molecule has 2 unspecified atom stereocenters. The number of fused-ring (bicyclic) bond motifs is 1. The summed E-state index contributed by atoms with van der Waals surface area (Å²) in [5, 5.41) is 0. The number of allylic oxidation sites excluding steroid dienone is 1. The molecule has 1 aromatic rings. The van der Waals surface area contributed by atoms with Gasteiger partial charge in [0.1, 0.15) is 0 Å². The normalized spacial score (nSPS) is 29.6. The van der Waals surface area contributed by atoms with Crippen molar-refractivity contribution in [1.29, 1.82) is 0 Å². The lowest BCUT2D eigenvalue weighted by atomic mass is 9.67. The molecule has 0 spiro atoms. The second kappa shape index (κ2) is 3.84. The van der Waals surface area contributed by atoms with Gasteiger partial charge in [-0.05, 0) is 36.3 Å². The Balaban J connectivity index is 2.53. The summed E-state index contributed by atoms with van der Waals surface area (Å²) in [5.41, 5.74) is 3.24. The minimum Gasteiger partial charge on any atom is -0.102 e. The molecule has 80 valence electrons. The van der Waals surface area contributed by atoms with Gasteiger partial charge in [0.05, 0.1) is 0 Å². The van der Waals surface area contributed by atoms with E-state index in [0.717, 1.165) is 5.92 Å². The monoisotopic (exact) mass is 200 g/mol. The SMILES string of the molecule is C=CC1(C)CCC(CC)c2ccccc21. The summed E-state index contributed by atoms with van der Waals surface area (Å²) in [6.45, 7) is 8.61. The zero-order valence-electron chi connectivity index (χ0n) is 9.79. The molecule has 2 rings (SSSR count). The Bertz CT molecular complexity index is 364. The second-order valence-corrected chi connectivity index (χ2v) is 4.85. The van der Waals surface area contributed by atoms with E-state index in [1.165, 1.54) is 24.8 Å². The Labute approximate surface area is 93.0 Å². The van der Waals surface area contributed by atoms with E-state index >= 15 is 0 Å². The molecule has 0 saturated carbocycles. The average molecular weight is 200 g/mol. The van der Waals surface area contributed by atoms with Crippen molar-refractivity contribution in [3.63, 3.8) is 0 Å². The Hall–Kier alpha value is -1.04. The van der Waals surface area contributed by atoms with Crippen LogP contribution in [0.15, 0.2) is 36.9 Å². The van der Waals surface area contributed by atoms with Crippen LogP contribution in [0.4, 0.5) is 0 Å². The fraction of sp³-hybridized carbons (Fsp3) is 0.467. The number of benzene rings is 1. The smallest absolute Gasteiger partial charge is 0.0104 e. The highest BCUT2D eigenvalue weighted by Gasteiger charge is 2.32. The van der Waals surface area contributed by atoms with E-state index in [9.17, 15) is 0 Å². The van der Waals surface area contributed by atoms with Gasteiger partial charge in [-0.25, -0.2) is 0 Å². The quantitative estimate of drug-likeness (QED) is 0.620. The Kier molecular flexibility index (Phi) is 2.68. The fourth-order valence-electron chi connectivity index (χ4n) is 2.77. The maximum absolute atomic E-state index is 4.01. The summed E-state index contributed by atoms with van der Waals surface area (Å²) in [4.78, 5) is 0. The summed E-state index contributed by atoms with van der Waals surface area (Å²) < 4.78 is 0. The summed E-state index contributed by atoms with van der Waals surface area (Å²) in [6.07, 6.45) is 5.92. The molecule has 0 radical (unpaired) electrons. The molecule has 0 heterocycles. The van der Waals surface area contributed by atoms with Gasteiger partial charge in [-0.1, -0.05) is 44.2 Å². The van der Waals surface area contributed by atoms with E-state index in [1.54, 1.807) is 5.56 Å². The van der Waals surface area contributed by atoms with Gasteiger partial charge in [-0.15, -0.1) is 6.58 Å². The van der Waals surface area contributed by atoms with Crippen LogP contribution in [0.25, 0.3) is 0 Å². The third kappa shape index (κ3) is 1.62. The first kappa shape index (κ1) is 10.5. The maximum Gasteiger partial charge on any atom is 0.0104 e. The first-order valence-electron chi connectivity index (χ1n) is 5.94. The molecule has 0 N–H and O–H groups in total. The number of rotatable bonds is 2. The molecule has 2 atom stereocenters. The maximum atomic E-state index is 4.01. The highest BCUT2D eigenvalue weighted by atomic mass is 14.4. The van der Waals surface area contributed by atoms with Gasteiger partial charge < -0.3 is 0 Å². The van der Waals surface area contributed by atoms with Gasteiger partial charge in [0.15, 0.2) is 0 Å². The standard InChI is InChI=1S/C15H20/c1-4-12-10-11-15(3,5-2)14-9-7-6-8-13(12)14/h5-9,12H,2,4,10-11H2,1,3H3. The van der Waals surface area contributed by atoms with Gasteiger partial charge in [0, 0.05) is 5.41 Å². The highest BCUT2D eigenvalue weighted by molar-refractivity contribution is 5.41. The Morgan fingerprint density at radius 2 is 2.20 bits per heavy atom. The van der Waals surface area contributed by atoms with E-state index in [0.29, 0.717) is 0 Å². The molecule has 0 aliphatic heterocycles. The van der Waals surface area contributed by atoms with Crippen LogP contribution in [0.2, 0.25) is 0 Å². The van der Waals surface area contributed by atoms with E-state index in [4.69, 9.17) is 0 Å². The van der Waals surface area contributed by atoms with Gasteiger partial charge in [-0.3, -0.25) is 0 Å². The summed E-state index contributed by atoms with van der Waals surface area (Å²) in [6, 6.07) is 8.89. The van der Waals surface area contributed by atoms with Gasteiger partial charge in [-0.2, -0.15) is 0 Å². The molecule has 0 bridgehead atoms. The van der Waals surface area contributed by atoms with Crippen LogP contribution in [0, 0.1) is 0 Å². The van der Waals surface area contributed by atoms with E-state index in [2.05, 4.69) is 50.8 Å². The van der Waals surface area contributed by atoms with Crippen LogP contribution < -0.4 is 0 Å². The van der Waals surface area contributed by atoms with Crippen LogP contribution in [-0.2, 0) is 5.41 Å². The van der Waals surface area contributed by atoms with Crippen LogP contribution in [0.3, 0.4) is 0 Å². The largest absolute Gasteiger partial charge is 0.102 e. The first-order valence-corrected chi connectivity index (χ1v) is 5.94. The third-order valence-corrected chi connectivity index (χ3v) is 3.97. The molecule has 0 nitrogen and oxygen atoms in total. The van der Waals surface area contributed by atoms with Crippen molar-refractivity contribution in [2.75, 3.05) is 0 Å². The third-order valence-electron chi connectivity index (χ3n) is 3.97. The van der Waals surface area contributed by atoms with Gasteiger partial charge in [0.25, 0.3) is 0 Å². The summed E-state index contributed by atoms with van der Waals surface area (Å²) >= 11 is 0. The summed E-state index contributed by atoms with van der Waals surface area (Å²) in [7, 11) is 0. The lowest BCUT2D eigenvalue weighted by Gasteiger charge is -2.37. The molecule has 0 aromatic heterocycles. The van der Waals surface area contributed by atoms with Crippen molar-refractivity contribution in [2.24, 2.45) is 0 Å². The predicted molar refractivity (Wildman–Crippen MR) is 66.3 cm³/mol. The molecule has 0 fully saturated rings. The van der Waals surface area contributed by atoms with Gasteiger partial charge >= 0.3 is 0 Å². The van der Waals surface area contributed by atoms with Crippen molar-refractivity contribution >= 4 is 0 Å². The van der Waals surface area contributed by atoms with E-state index in [1.807, 2.05) is 0 Å².